The van der Waals surface area contributed by atoms with Crippen molar-refractivity contribution in [1.29, 1.82) is 0 Å². The van der Waals surface area contributed by atoms with Crippen LogP contribution in [0.2, 0.25) is 0 Å². The van der Waals surface area contributed by atoms with E-state index in [-0.39, 0.29) is 0 Å². The minimum absolute atomic E-state index is 0.299. The maximum Gasteiger partial charge on any atom is 0.124 e. The van der Waals surface area contributed by atoms with Crippen LogP contribution in [0.1, 0.15) is 6.92 Å². The molecule has 2 heterocycles. The first-order chi connectivity index (χ1) is 16.5. The highest BCUT2D eigenvalue weighted by Crippen LogP contribution is 2.34. The summed E-state index contributed by atoms with van der Waals surface area (Å²) in [4.78, 5) is 11.5. The van der Waals surface area contributed by atoms with Crippen molar-refractivity contribution in [1.82, 2.24) is 25.1 Å². The van der Waals surface area contributed by atoms with Crippen LogP contribution in [0.4, 0.5) is 15.8 Å². The van der Waals surface area contributed by atoms with E-state index in [1.807, 2.05) is 49.6 Å². The van der Waals surface area contributed by atoms with Crippen LogP contribution in [0, 0.1) is 0 Å². The largest absolute Gasteiger partial charge is 0.497 e. The highest BCUT2D eigenvalue weighted by molar-refractivity contribution is 5.82. The van der Waals surface area contributed by atoms with Gasteiger partial charge in [0.15, 0.2) is 0 Å². The molecule has 1 N–H and O–H groups in total. The molecule has 9 heteroatoms. The fraction of sp³-hybridized carbons (Fsp3) is 0.320. The summed E-state index contributed by atoms with van der Waals surface area (Å²) in [7, 11) is 5.12. The maximum absolute atomic E-state index is 13.3. The molecule has 4 rings (SSSR count). The van der Waals surface area contributed by atoms with Crippen molar-refractivity contribution in [3.8, 4) is 22.8 Å². The second-order valence-electron chi connectivity index (χ2n) is 8.04. The van der Waals surface area contributed by atoms with E-state index < -0.39 is 6.17 Å². The predicted molar refractivity (Wildman–Crippen MR) is 132 cm³/mol. The summed E-state index contributed by atoms with van der Waals surface area (Å²) in [5, 5.41) is 7.39. The lowest BCUT2D eigenvalue weighted by Crippen LogP contribution is -2.31. The second-order valence-corrected chi connectivity index (χ2v) is 8.04. The van der Waals surface area contributed by atoms with Gasteiger partial charge in [0.1, 0.15) is 17.7 Å². The Morgan fingerprint density at radius 1 is 1.03 bits per heavy atom. The van der Waals surface area contributed by atoms with Gasteiger partial charge < -0.3 is 19.7 Å². The number of fused-ring (bicyclic) bond motifs is 1. The molecule has 0 fully saturated rings. The monoisotopic (exact) mass is 464 g/mol. The van der Waals surface area contributed by atoms with Crippen LogP contribution in [0.25, 0.3) is 22.3 Å². The van der Waals surface area contributed by atoms with Crippen molar-refractivity contribution < 1.29 is 13.9 Å². The topological polar surface area (TPSA) is 77.3 Å². The van der Waals surface area contributed by atoms with E-state index in [2.05, 4.69) is 20.3 Å². The van der Waals surface area contributed by atoms with Gasteiger partial charge in [-0.3, -0.25) is 9.67 Å². The molecule has 8 nitrogen and oxygen atoms in total. The SMILES string of the molecule is COc1cc(OC)cc(N(CCNCC(C)F)c2ccc3ncc(-c4cnn(C)c4)nc3c2)c1. The molecule has 34 heavy (non-hydrogen) atoms. The molecule has 0 saturated carbocycles. The van der Waals surface area contributed by atoms with E-state index in [1.54, 1.807) is 38.2 Å². The normalized spacial score (nSPS) is 12.0. The van der Waals surface area contributed by atoms with Crippen molar-refractivity contribution >= 4 is 22.4 Å². The number of aryl methyl sites for hydroxylation is 1. The average Bonchev–Trinajstić information content (AvgIpc) is 3.29. The molecule has 0 amide bonds. The number of methoxy groups -OCH3 is 2. The molecule has 1 atom stereocenters. The molecule has 2 aromatic carbocycles. The summed E-state index contributed by atoms with van der Waals surface area (Å²) in [5.74, 6) is 1.37. The number of rotatable bonds is 10. The van der Waals surface area contributed by atoms with Crippen LogP contribution in [-0.4, -0.2) is 59.8 Å². The molecule has 0 saturated heterocycles. The summed E-state index contributed by atoms with van der Waals surface area (Å²) in [6.45, 7) is 3.03. The molecule has 0 bridgehead atoms. The van der Waals surface area contributed by atoms with Crippen LogP contribution < -0.4 is 19.7 Å². The van der Waals surface area contributed by atoms with Gasteiger partial charge in [0.05, 0.1) is 43.3 Å². The Labute approximate surface area is 198 Å². The number of ether oxygens (including phenoxy) is 2. The highest BCUT2D eigenvalue weighted by atomic mass is 19.1. The third kappa shape index (κ3) is 5.43. The van der Waals surface area contributed by atoms with E-state index in [9.17, 15) is 4.39 Å². The lowest BCUT2D eigenvalue weighted by atomic mass is 10.2. The van der Waals surface area contributed by atoms with E-state index in [1.165, 1.54) is 0 Å². The number of benzene rings is 2. The highest BCUT2D eigenvalue weighted by Gasteiger charge is 2.15. The standard InChI is InChI=1S/C25H29FN6O2/c1-17(26)13-27-7-8-32(20-9-21(33-3)12-22(10-20)34-4)19-5-6-23-24(11-19)30-25(15-28-23)18-14-29-31(2)16-18/h5-6,9-12,14-17,27H,7-8,13H2,1-4H3. The first-order valence-electron chi connectivity index (χ1n) is 11.1. The van der Waals surface area contributed by atoms with Gasteiger partial charge in [-0.2, -0.15) is 5.10 Å². The molecule has 0 aliphatic carbocycles. The Morgan fingerprint density at radius 3 is 2.44 bits per heavy atom. The first kappa shape index (κ1) is 23.4. The zero-order valence-electron chi connectivity index (χ0n) is 19.8. The summed E-state index contributed by atoms with van der Waals surface area (Å²) in [5.41, 5.74) is 5.04. The Balaban J connectivity index is 1.72. The predicted octanol–water partition coefficient (Wildman–Crippen LogP) is 4.13. The van der Waals surface area contributed by atoms with Crippen molar-refractivity contribution in [3.05, 3.63) is 55.0 Å². The van der Waals surface area contributed by atoms with Gasteiger partial charge in [0.25, 0.3) is 0 Å². The van der Waals surface area contributed by atoms with Crippen molar-refractivity contribution in [2.24, 2.45) is 7.05 Å². The summed E-state index contributed by atoms with van der Waals surface area (Å²) < 4.78 is 26.0. The van der Waals surface area contributed by atoms with Gasteiger partial charge in [-0.05, 0) is 25.1 Å². The van der Waals surface area contributed by atoms with E-state index in [0.29, 0.717) is 31.1 Å². The van der Waals surface area contributed by atoms with Crippen LogP contribution in [0.5, 0.6) is 11.5 Å². The summed E-state index contributed by atoms with van der Waals surface area (Å²) in [6.07, 6.45) is 4.52. The van der Waals surface area contributed by atoms with Crippen LogP contribution in [0.3, 0.4) is 0 Å². The second kappa shape index (κ2) is 10.5. The van der Waals surface area contributed by atoms with Gasteiger partial charge in [0, 0.05) is 68.0 Å². The average molecular weight is 465 g/mol. The Morgan fingerprint density at radius 2 is 1.79 bits per heavy atom. The van der Waals surface area contributed by atoms with Crippen molar-refractivity contribution in [2.45, 2.75) is 13.1 Å². The van der Waals surface area contributed by atoms with E-state index >= 15 is 0 Å². The minimum Gasteiger partial charge on any atom is -0.497 e. The zero-order chi connectivity index (χ0) is 24.1. The molecule has 0 aliphatic rings. The van der Waals surface area contributed by atoms with Gasteiger partial charge in [-0.15, -0.1) is 0 Å². The Bertz CT molecular complexity index is 1240. The molecular weight excluding hydrogens is 435 g/mol. The Hall–Kier alpha value is -3.72. The van der Waals surface area contributed by atoms with E-state index in [4.69, 9.17) is 14.5 Å². The molecule has 1 unspecified atom stereocenters. The van der Waals surface area contributed by atoms with Gasteiger partial charge >= 0.3 is 0 Å². The lowest BCUT2D eigenvalue weighted by Gasteiger charge is -2.26. The number of hydrogen-bond acceptors (Lipinski definition) is 7. The summed E-state index contributed by atoms with van der Waals surface area (Å²) >= 11 is 0. The number of anilines is 2. The quantitative estimate of drug-likeness (QED) is 0.354. The number of hydrogen-bond donors (Lipinski definition) is 1. The first-order valence-corrected chi connectivity index (χ1v) is 11.1. The number of halogens is 1. The molecule has 0 radical (unpaired) electrons. The van der Waals surface area contributed by atoms with Crippen molar-refractivity contribution in [2.75, 3.05) is 38.8 Å². The number of aromatic nitrogens is 4. The third-order valence-corrected chi connectivity index (χ3v) is 5.42. The van der Waals surface area contributed by atoms with Gasteiger partial charge in [-0.1, -0.05) is 0 Å². The van der Waals surface area contributed by atoms with Crippen LogP contribution in [0.15, 0.2) is 55.0 Å². The van der Waals surface area contributed by atoms with Crippen LogP contribution >= 0.6 is 0 Å². The van der Waals surface area contributed by atoms with Gasteiger partial charge in [-0.25, -0.2) is 9.37 Å². The third-order valence-electron chi connectivity index (χ3n) is 5.42. The Kier molecular flexibility index (Phi) is 7.22. The molecule has 0 spiro atoms. The molecule has 0 aliphatic heterocycles. The van der Waals surface area contributed by atoms with Gasteiger partial charge in [0.2, 0.25) is 0 Å². The molecule has 178 valence electrons. The van der Waals surface area contributed by atoms with E-state index in [0.717, 1.165) is 33.7 Å². The van der Waals surface area contributed by atoms with Crippen molar-refractivity contribution in [3.63, 3.8) is 0 Å². The number of nitrogens with one attached hydrogen (secondary N) is 1. The molecular formula is C25H29FN6O2. The fourth-order valence-corrected chi connectivity index (χ4v) is 3.71. The number of nitrogens with zero attached hydrogens (tertiary/aromatic N) is 5. The smallest absolute Gasteiger partial charge is 0.124 e. The fourth-order valence-electron chi connectivity index (χ4n) is 3.71. The zero-order valence-corrected chi connectivity index (χ0v) is 19.8. The minimum atomic E-state index is -0.910. The lowest BCUT2D eigenvalue weighted by molar-refractivity contribution is 0.346. The molecule has 4 aromatic rings. The summed E-state index contributed by atoms with van der Waals surface area (Å²) in [6, 6.07) is 11.7. The molecule has 2 aromatic heterocycles. The van der Waals surface area contributed by atoms with Crippen LogP contribution in [-0.2, 0) is 7.05 Å². The number of alkyl halides is 1. The maximum atomic E-state index is 13.3.